The van der Waals surface area contributed by atoms with E-state index in [1.807, 2.05) is 0 Å². The zero-order chi connectivity index (χ0) is 12.3. The Morgan fingerprint density at radius 3 is 1.94 bits per heavy atom. The highest BCUT2D eigenvalue weighted by Crippen LogP contribution is 2.36. The predicted molar refractivity (Wildman–Crippen MR) is 51.2 cm³/mol. The molecule has 0 aliphatic heterocycles. The zero-order valence-electron chi connectivity index (χ0n) is 7.43. The molecule has 16 heavy (non-hydrogen) atoms. The van der Waals surface area contributed by atoms with Crippen LogP contribution in [0.2, 0.25) is 0 Å². The highest BCUT2D eigenvalue weighted by Gasteiger charge is 2.28. The Bertz CT molecular complexity index is 442. The molecule has 1 unspecified atom stereocenters. The average Bonchev–Trinajstić information content (AvgIpc) is 2.16. The molecule has 0 aliphatic rings. The minimum absolute atomic E-state index is 0.753. The number of benzene rings is 1. The Morgan fingerprint density at radius 2 is 1.62 bits per heavy atom. The molecule has 0 bridgehead atoms. The molecular formula is C6H4N2O7S. The molecule has 0 saturated heterocycles. The van der Waals surface area contributed by atoms with Crippen LogP contribution in [0.3, 0.4) is 0 Å². The Balaban J connectivity index is 3.40. The first kappa shape index (κ1) is 12.0. The van der Waals surface area contributed by atoms with Gasteiger partial charge in [-0.1, -0.05) is 0 Å². The van der Waals surface area contributed by atoms with Gasteiger partial charge < -0.3 is 4.18 Å². The predicted octanol–water partition coefficient (Wildman–Crippen LogP) is 1.02. The van der Waals surface area contributed by atoms with Gasteiger partial charge in [0.1, 0.15) is 0 Å². The summed E-state index contributed by atoms with van der Waals surface area (Å²) in [5.74, 6) is -0.849. The van der Waals surface area contributed by atoms with Crippen molar-refractivity contribution in [2.75, 3.05) is 0 Å². The van der Waals surface area contributed by atoms with Crippen molar-refractivity contribution in [2.24, 2.45) is 0 Å². The highest BCUT2D eigenvalue weighted by atomic mass is 32.2. The van der Waals surface area contributed by atoms with Gasteiger partial charge in [-0.25, -0.2) is 0 Å². The van der Waals surface area contributed by atoms with Gasteiger partial charge in [0.05, 0.1) is 9.85 Å². The molecule has 1 aromatic rings. The van der Waals surface area contributed by atoms with E-state index in [2.05, 4.69) is 4.18 Å². The maximum atomic E-state index is 10.5. The van der Waals surface area contributed by atoms with Crippen molar-refractivity contribution in [1.29, 1.82) is 0 Å². The number of hydrogen-bond acceptors (Lipinski definition) is 6. The maximum absolute atomic E-state index is 10.5. The van der Waals surface area contributed by atoms with Crippen LogP contribution in [0.4, 0.5) is 11.4 Å². The normalized spacial score (nSPS) is 11.8. The van der Waals surface area contributed by atoms with Crippen molar-refractivity contribution in [3.63, 3.8) is 0 Å². The molecule has 1 rings (SSSR count). The molecular weight excluding hydrogens is 244 g/mol. The van der Waals surface area contributed by atoms with Gasteiger partial charge in [0, 0.05) is 12.1 Å². The third-order valence-corrected chi connectivity index (χ3v) is 1.83. The van der Waals surface area contributed by atoms with E-state index in [9.17, 15) is 24.4 Å². The first-order valence-electron chi connectivity index (χ1n) is 3.64. The lowest BCUT2D eigenvalue weighted by atomic mass is 10.2. The lowest BCUT2D eigenvalue weighted by Crippen LogP contribution is -2.04. The van der Waals surface area contributed by atoms with Gasteiger partial charge >= 0.3 is 22.7 Å². The molecule has 1 aromatic carbocycles. The lowest BCUT2D eigenvalue weighted by Gasteiger charge is -2.01. The second kappa shape index (κ2) is 4.63. The van der Waals surface area contributed by atoms with Crippen LogP contribution < -0.4 is 4.18 Å². The summed E-state index contributed by atoms with van der Waals surface area (Å²) in [6, 6.07) is 2.92. The van der Waals surface area contributed by atoms with E-state index in [-0.39, 0.29) is 0 Å². The molecule has 0 spiro atoms. The number of nitro groups is 2. The van der Waals surface area contributed by atoms with E-state index in [1.165, 1.54) is 0 Å². The largest absolute Gasteiger partial charge is 0.365 e. The molecule has 1 atom stereocenters. The zero-order valence-corrected chi connectivity index (χ0v) is 8.25. The summed E-state index contributed by atoms with van der Waals surface area (Å²) in [5.41, 5.74) is -1.51. The summed E-state index contributed by atoms with van der Waals surface area (Å²) < 4.78 is 22.9. The summed E-state index contributed by atoms with van der Waals surface area (Å²) in [4.78, 5) is 19.1. The van der Waals surface area contributed by atoms with Gasteiger partial charge in [0.25, 0.3) is 5.75 Å². The fraction of sp³-hybridized carbons (Fsp3) is 0. The van der Waals surface area contributed by atoms with E-state index >= 15 is 0 Å². The molecule has 0 amide bonds. The van der Waals surface area contributed by atoms with Crippen LogP contribution in [0, 0.1) is 20.2 Å². The molecule has 1 N–H and O–H groups in total. The van der Waals surface area contributed by atoms with Crippen LogP contribution in [-0.2, 0) is 11.4 Å². The van der Waals surface area contributed by atoms with Crippen molar-refractivity contribution in [1.82, 2.24) is 0 Å². The second-order valence-electron chi connectivity index (χ2n) is 2.44. The Kier molecular flexibility index (Phi) is 3.48. The van der Waals surface area contributed by atoms with E-state index in [1.54, 1.807) is 0 Å². The van der Waals surface area contributed by atoms with Crippen LogP contribution in [0.25, 0.3) is 0 Å². The molecule has 10 heteroatoms. The first-order chi connectivity index (χ1) is 7.43. The minimum atomic E-state index is -2.88. The quantitative estimate of drug-likeness (QED) is 0.477. The summed E-state index contributed by atoms with van der Waals surface area (Å²) in [5, 5.41) is 21.0. The molecule has 9 nitrogen and oxygen atoms in total. The SMILES string of the molecule is O=[N+]([O-])c1cccc([N+](=O)[O-])c1OS(=O)O. The third-order valence-electron chi connectivity index (χ3n) is 1.52. The van der Waals surface area contributed by atoms with Gasteiger partial charge in [0.15, 0.2) is 0 Å². The molecule has 0 radical (unpaired) electrons. The standard InChI is InChI=1S/C6H4N2O7S/c9-7(10)4-2-1-3-5(8(11)12)6(4)15-16(13)14/h1-3H,(H,13,14). The van der Waals surface area contributed by atoms with Crippen molar-refractivity contribution in [2.45, 2.75) is 0 Å². The second-order valence-corrected chi connectivity index (χ2v) is 3.04. The summed E-state index contributed by atoms with van der Waals surface area (Å²) in [7, 11) is 0. The molecule has 86 valence electrons. The molecule has 0 saturated carbocycles. The van der Waals surface area contributed by atoms with Gasteiger partial charge in [-0.15, -0.1) is 0 Å². The minimum Gasteiger partial charge on any atom is -0.365 e. The van der Waals surface area contributed by atoms with E-state index in [0.717, 1.165) is 18.2 Å². The van der Waals surface area contributed by atoms with E-state index < -0.39 is 38.3 Å². The fourth-order valence-corrected chi connectivity index (χ4v) is 1.27. The van der Waals surface area contributed by atoms with Gasteiger partial charge in [-0.05, 0) is 6.07 Å². The maximum Gasteiger partial charge on any atom is 0.357 e. The summed E-state index contributed by atoms with van der Waals surface area (Å²) in [6.07, 6.45) is 0. The topological polar surface area (TPSA) is 133 Å². The van der Waals surface area contributed by atoms with Gasteiger partial charge in [-0.3, -0.25) is 24.8 Å². The Morgan fingerprint density at radius 1 is 1.19 bits per heavy atom. The van der Waals surface area contributed by atoms with Crippen molar-refractivity contribution in [3.8, 4) is 5.75 Å². The summed E-state index contributed by atoms with van der Waals surface area (Å²) in [6.45, 7) is 0. The monoisotopic (exact) mass is 248 g/mol. The molecule has 0 fully saturated rings. The van der Waals surface area contributed by atoms with Crippen LogP contribution in [-0.4, -0.2) is 18.6 Å². The Labute approximate surface area is 90.4 Å². The number of para-hydroxylation sites is 1. The van der Waals surface area contributed by atoms with Gasteiger partial charge in [0.2, 0.25) is 0 Å². The Hall–Kier alpha value is -2.07. The smallest absolute Gasteiger partial charge is 0.357 e. The van der Waals surface area contributed by atoms with Crippen LogP contribution in [0.5, 0.6) is 5.75 Å². The number of hydrogen-bond donors (Lipinski definition) is 1. The highest BCUT2D eigenvalue weighted by molar-refractivity contribution is 7.74. The number of nitrogens with zero attached hydrogens (tertiary/aromatic N) is 2. The van der Waals surface area contributed by atoms with Crippen molar-refractivity contribution < 1.29 is 22.8 Å². The van der Waals surface area contributed by atoms with Gasteiger partial charge in [-0.2, -0.15) is 4.21 Å². The summed E-state index contributed by atoms with van der Waals surface area (Å²) >= 11 is -2.88. The molecule has 0 aromatic heterocycles. The van der Waals surface area contributed by atoms with Crippen LogP contribution >= 0.6 is 0 Å². The molecule has 0 aliphatic carbocycles. The number of nitro benzene ring substituents is 2. The van der Waals surface area contributed by atoms with Crippen LogP contribution in [0.1, 0.15) is 0 Å². The average molecular weight is 248 g/mol. The molecule has 0 heterocycles. The first-order valence-corrected chi connectivity index (χ1v) is 4.67. The van der Waals surface area contributed by atoms with Crippen molar-refractivity contribution in [3.05, 3.63) is 38.4 Å². The fourth-order valence-electron chi connectivity index (χ4n) is 0.957. The third kappa shape index (κ3) is 2.49. The van der Waals surface area contributed by atoms with Crippen molar-refractivity contribution >= 4 is 22.7 Å². The van der Waals surface area contributed by atoms with E-state index in [4.69, 9.17) is 4.55 Å². The van der Waals surface area contributed by atoms with E-state index in [0.29, 0.717) is 0 Å². The van der Waals surface area contributed by atoms with Crippen LogP contribution in [0.15, 0.2) is 18.2 Å². The lowest BCUT2D eigenvalue weighted by molar-refractivity contribution is -0.395. The number of rotatable bonds is 4.